The summed E-state index contributed by atoms with van der Waals surface area (Å²) in [5, 5.41) is 0. The molecule has 0 fully saturated rings. The van der Waals surface area contributed by atoms with E-state index >= 15 is 0 Å². The van der Waals surface area contributed by atoms with Gasteiger partial charge in [0.2, 0.25) is 0 Å². The van der Waals surface area contributed by atoms with E-state index in [1.165, 1.54) is 11.6 Å². The predicted octanol–water partition coefficient (Wildman–Crippen LogP) is 2.96. The summed E-state index contributed by atoms with van der Waals surface area (Å²) in [7, 11) is 0. The summed E-state index contributed by atoms with van der Waals surface area (Å²) in [6.07, 6.45) is 2.41. The van der Waals surface area contributed by atoms with Crippen molar-refractivity contribution in [3.63, 3.8) is 0 Å². The quantitative estimate of drug-likeness (QED) is 0.791. The maximum Gasteiger partial charge on any atom is 0.255 e. The van der Waals surface area contributed by atoms with Crippen LogP contribution >= 0.6 is 0 Å². The van der Waals surface area contributed by atoms with Crippen molar-refractivity contribution in [2.75, 3.05) is 0 Å². The van der Waals surface area contributed by atoms with Gasteiger partial charge in [-0.15, -0.1) is 0 Å². The van der Waals surface area contributed by atoms with E-state index in [9.17, 15) is 4.79 Å². The highest BCUT2D eigenvalue weighted by molar-refractivity contribution is 5.35. The molecule has 0 N–H and O–H groups in total. The smallest absolute Gasteiger partial charge is 0.255 e. The normalized spacial score (nSPS) is 13.2. The highest BCUT2D eigenvalue weighted by Gasteiger charge is 2.00. The minimum atomic E-state index is -0.327. The number of nitrogens with zero attached hydrogens (tertiary/aromatic N) is 1. The Morgan fingerprint density at radius 2 is 1.71 bits per heavy atom. The van der Waals surface area contributed by atoms with Crippen molar-refractivity contribution in [3.8, 4) is 5.69 Å². The van der Waals surface area contributed by atoms with Crippen LogP contribution in [0.15, 0.2) is 47.4 Å². The summed E-state index contributed by atoms with van der Waals surface area (Å²) in [5.41, 5.74) is 2.87. The topological polar surface area (TPSA) is 22.0 Å². The fraction of sp³-hybridized carbons (Fsp3) is 0.267. The van der Waals surface area contributed by atoms with Gasteiger partial charge >= 0.3 is 0 Å². The van der Waals surface area contributed by atoms with Gasteiger partial charge in [-0.1, -0.05) is 32.0 Å². The number of hydrogen-bond acceptors (Lipinski definition) is 1. The molecule has 0 spiro atoms. The number of rotatable bonds is 3. The molecule has 2 nitrogen and oxygen atoms in total. The Hall–Kier alpha value is -1.83. The van der Waals surface area contributed by atoms with Gasteiger partial charge in [-0.25, -0.2) is 0 Å². The second-order valence-electron chi connectivity index (χ2n) is 3.98. The second kappa shape index (κ2) is 5.00. The number of aromatic nitrogens is 1. The van der Waals surface area contributed by atoms with Crippen LogP contribution in [0.3, 0.4) is 0 Å². The van der Waals surface area contributed by atoms with Crippen molar-refractivity contribution in [2.45, 2.75) is 26.7 Å². The maximum atomic E-state index is 11.9. The molecule has 1 atom stereocenters. The fourth-order valence-corrected chi connectivity index (χ4v) is 1.77. The summed E-state index contributed by atoms with van der Waals surface area (Å²) in [6.45, 7) is 3.90. The SMILES string of the molecule is [2H]C(C)c1ccc(=O)n(-c2ccc(CC)cc2)c1. The molecule has 2 aromatic rings. The molecule has 88 valence electrons. The maximum absolute atomic E-state index is 11.9. The Labute approximate surface area is 103 Å². The highest BCUT2D eigenvalue weighted by Crippen LogP contribution is 2.09. The summed E-state index contributed by atoms with van der Waals surface area (Å²) in [6, 6.07) is 11.2. The third kappa shape index (κ3) is 2.47. The van der Waals surface area contributed by atoms with Gasteiger partial charge in [0.1, 0.15) is 0 Å². The predicted molar refractivity (Wildman–Crippen MR) is 70.8 cm³/mol. The lowest BCUT2D eigenvalue weighted by atomic mass is 10.1. The molecule has 0 bridgehead atoms. The molecule has 17 heavy (non-hydrogen) atoms. The first-order chi connectivity index (χ1) is 8.61. The van der Waals surface area contributed by atoms with Gasteiger partial charge in [-0.05, 0) is 36.1 Å². The molecule has 0 saturated heterocycles. The molecular weight excluding hydrogens is 210 g/mol. The molecule has 0 aliphatic carbocycles. The zero-order valence-corrected chi connectivity index (χ0v) is 10.2. The molecule has 1 heterocycles. The summed E-state index contributed by atoms with van der Waals surface area (Å²) < 4.78 is 9.29. The van der Waals surface area contributed by atoms with Crippen LogP contribution in [0.2, 0.25) is 0 Å². The van der Waals surface area contributed by atoms with Crippen LogP contribution in [0.1, 0.15) is 26.3 Å². The molecule has 1 aromatic heterocycles. The van der Waals surface area contributed by atoms with Crippen LogP contribution in [-0.4, -0.2) is 4.57 Å². The highest BCUT2D eigenvalue weighted by atomic mass is 16.1. The zero-order valence-electron chi connectivity index (χ0n) is 11.2. The Kier molecular flexibility index (Phi) is 3.04. The van der Waals surface area contributed by atoms with E-state index in [2.05, 4.69) is 6.92 Å². The van der Waals surface area contributed by atoms with Crippen LogP contribution in [0.5, 0.6) is 0 Å². The lowest BCUT2D eigenvalue weighted by Crippen LogP contribution is -2.16. The van der Waals surface area contributed by atoms with Crippen LogP contribution < -0.4 is 5.56 Å². The van der Waals surface area contributed by atoms with Gasteiger partial charge < -0.3 is 0 Å². The minimum absolute atomic E-state index is 0.0661. The van der Waals surface area contributed by atoms with Crippen molar-refractivity contribution in [1.82, 2.24) is 4.57 Å². The molecule has 0 amide bonds. The molecule has 1 unspecified atom stereocenters. The van der Waals surface area contributed by atoms with Crippen molar-refractivity contribution < 1.29 is 1.37 Å². The Balaban J connectivity index is 2.48. The van der Waals surface area contributed by atoms with E-state index in [1.807, 2.05) is 24.3 Å². The Morgan fingerprint density at radius 1 is 1.06 bits per heavy atom. The van der Waals surface area contributed by atoms with Gasteiger partial charge in [0, 0.05) is 19.3 Å². The summed E-state index contributed by atoms with van der Waals surface area (Å²) in [5.74, 6) is 0. The molecule has 0 aliphatic heterocycles. The molecule has 0 radical (unpaired) electrons. The van der Waals surface area contributed by atoms with E-state index in [0.29, 0.717) is 0 Å². The number of benzene rings is 1. The van der Waals surface area contributed by atoms with Crippen molar-refractivity contribution in [1.29, 1.82) is 0 Å². The fourth-order valence-electron chi connectivity index (χ4n) is 1.77. The standard InChI is InChI=1S/C15H17NO/c1-3-12-5-8-14(9-6-12)16-11-13(4-2)7-10-15(16)17/h5-11H,3-4H2,1-2H3/i4D. The lowest BCUT2D eigenvalue weighted by Gasteiger charge is -2.08. The minimum Gasteiger partial charge on any atom is -0.284 e. The van der Waals surface area contributed by atoms with Crippen molar-refractivity contribution in [3.05, 3.63) is 64.1 Å². The third-order valence-electron chi connectivity index (χ3n) is 2.89. The molecule has 2 rings (SSSR count). The third-order valence-corrected chi connectivity index (χ3v) is 2.89. The van der Waals surface area contributed by atoms with Gasteiger partial charge in [0.25, 0.3) is 5.56 Å². The Bertz CT molecular complexity index is 584. The van der Waals surface area contributed by atoms with Crippen molar-refractivity contribution >= 4 is 0 Å². The largest absolute Gasteiger partial charge is 0.284 e. The summed E-state index contributed by atoms with van der Waals surface area (Å²) in [4.78, 5) is 11.9. The van der Waals surface area contributed by atoms with E-state index in [0.717, 1.165) is 17.7 Å². The Morgan fingerprint density at radius 3 is 2.29 bits per heavy atom. The van der Waals surface area contributed by atoms with Crippen molar-refractivity contribution in [2.24, 2.45) is 0 Å². The zero-order chi connectivity index (χ0) is 13.1. The van der Waals surface area contributed by atoms with Gasteiger partial charge in [0.05, 0.1) is 0 Å². The first kappa shape index (κ1) is 10.3. The number of hydrogen-bond donors (Lipinski definition) is 0. The monoisotopic (exact) mass is 228 g/mol. The van der Waals surface area contributed by atoms with E-state index in [4.69, 9.17) is 1.37 Å². The molecule has 0 aliphatic rings. The van der Waals surface area contributed by atoms with Gasteiger partial charge in [0.15, 0.2) is 0 Å². The number of aryl methyl sites for hydroxylation is 2. The van der Waals surface area contributed by atoms with Crippen LogP contribution in [0, 0.1) is 0 Å². The molecular formula is C15H17NO. The lowest BCUT2D eigenvalue weighted by molar-refractivity contribution is 0.950. The van der Waals surface area contributed by atoms with Gasteiger partial charge in [-0.3, -0.25) is 9.36 Å². The van der Waals surface area contributed by atoms with Crippen LogP contribution in [-0.2, 0) is 12.8 Å². The average Bonchev–Trinajstić information content (AvgIpc) is 2.39. The first-order valence-electron chi connectivity index (χ1n) is 6.43. The van der Waals surface area contributed by atoms with E-state index in [-0.39, 0.29) is 12.0 Å². The van der Waals surface area contributed by atoms with E-state index in [1.54, 1.807) is 23.8 Å². The number of pyridine rings is 1. The van der Waals surface area contributed by atoms with Gasteiger partial charge in [-0.2, -0.15) is 0 Å². The average molecular weight is 228 g/mol. The molecule has 0 saturated carbocycles. The molecule has 2 heteroatoms. The first-order valence-corrected chi connectivity index (χ1v) is 5.86. The molecule has 1 aromatic carbocycles. The summed E-state index contributed by atoms with van der Waals surface area (Å²) >= 11 is 0. The second-order valence-corrected chi connectivity index (χ2v) is 3.98. The van der Waals surface area contributed by atoms with Crippen LogP contribution in [0.4, 0.5) is 0 Å². The van der Waals surface area contributed by atoms with Crippen LogP contribution in [0.25, 0.3) is 5.69 Å². The van der Waals surface area contributed by atoms with E-state index < -0.39 is 0 Å².